The molecule has 0 fully saturated rings. The number of anilines is 1. The predicted molar refractivity (Wildman–Crippen MR) is 113 cm³/mol. The Kier molecular flexibility index (Phi) is 8.51. The van der Waals surface area contributed by atoms with Gasteiger partial charge in [0.25, 0.3) is 0 Å². The van der Waals surface area contributed by atoms with Crippen molar-refractivity contribution < 1.29 is 9.13 Å². The number of methoxy groups -OCH3 is 1. The van der Waals surface area contributed by atoms with Crippen molar-refractivity contribution in [3.8, 4) is 6.07 Å². The van der Waals surface area contributed by atoms with Gasteiger partial charge in [0, 0.05) is 47.4 Å². The zero-order valence-electron chi connectivity index (χ0n) is 17.1. The van der Waals surface area contributed by atoms with Gasteiger partial charge in [0.15, 0.2) is 10.3 Å². The van der Waals surface area contributed by atoms with Crippen molar-refractivity contribution in [2.24, 2.45) is 19.1 Å². The van der Waals surface area contributed by atoms with Crippen LogP contribution in [0.5, 0.6) is 0 Å². The Hall–Kier alpha value is -2.54. The summed E-state index contributed by atoms with van der Waals surface area (Å²) in [4.78, 5) is 6.81. The van der Waals surface area contributed by atoms with Gasteiger partial charge < -0.3 is 19.6 Å². The number of halogens is 1. The maximum absolute atomic E-state index is 13.1. The van der Waals surface area contributed by atoms with Gasteiger partial charge in [-0.15, -0.1) is 0 Å². The summed E-state index contributed by atoms with van der Waals surface area (Å²) in [7, 11) is 5.17. The summed E-state index contributed by atoms with van der Waals surface area (Å²) in [6, 6.07) is 8.63. The first kappa shape index (κ1) is 22.7. The maximum atomic E-state index is 13.1. The third-order valence-corrected chi connectivity index (χ3v) is 5.22. The van der Waals surface area contributed by atoms with E-state index in [1.807, 2.05) is 0 Å². The molecule has 9 heteroatoms. The van der Waals surface area contributed by atoms with Gasteiger partial charge in [-0.2, -0.15) is 5.26 Å². The van der Waals surface area contributed by atoms with Crippen LogP contribution < -0.4 is 11.2 Å². The summed E-state index contributed by atoms with van der Waals surface area (Å²) >= 11 is 5.35. The highest BCUT2D eigenvalue weighted by molar-refractivity contribution is 7.71. The molecule has 0 saturated heterocycles. The fourth-order valence-electron chi connectivity index (χ4n) is 2.98. The first-order valence-corrected chi connectivity index (χ1v) is 9.71. The second-order valence-electron chi connectivity index (χ2n) is 6.73. The average molecular weight is 419 g/mol. The van der Waals surface area contributed by atoms with Crippen molar-refractivity contribution in [2.45, 2.75) is 13.0 Å². The van der Waals surface area contributed by atoms with Crippen LogP contribution in [-0.2, 0) is 25.4 Å². The fraction of sp³-hybridized carbons (Fsp3) is 0.450. The van der Waals surface area contributed by atoms with Crippen molar-refractivity contribution in [2.75, 3.05) is 39.1 Å². The Balaban J connectivity index is 2.10. The molecule has 1 heterocycles. The fourth-order valence-corrected chi connectivity index (χ4v) is 3.16. The normalized spacial score (nSPS) is 11.8. The molecule has 2 N–H and O–H groups in total. The molecule has 2 rings (SSSR count). The van der Waals surface area contributed by atoms with Crippen LogP contribution in [-0.4, -0.2) is 47.4 Å². The molecule has 7 nitrogen and oxygen atoms in total. The first-order chi connectivity index (χ1) is 13.9. The lowest BCUT2D eigenvalue weighted by Crippen LogP contribution is -2.30. The Labute approximate surface area is 175 Å². The Bertz CT molecular complexity index is 990. The van der Waals surface area contributed by atoms with Crippen LogP contribution in [0.2, 0.25) is 0 Å². The van der Waals surface area contributed by atoms with E-state index in [4.69, 9.17) is 22.7 Å². The molecule has 0 atom stereocenters. The van der Waals surface area contributed by atoms with Crippen LogP contribution in [0.15, 0.2) is 29.3 Å². The molecular weight excluding hydrogens is 391 g/mol. The summed E-state index contributed by atoms with van der Waals surface area (Å²) < 4.78 is 22.1. The third kappa shape index (κ3) is 5.97. The van der Waals surface area contributed by atoms with Gasteiger partial charge in [-0.3, -0.25) is 9.89 Å². The SMILES string of the molecule is COCCN(CCCN=c1c(C#N)c(N)n(C)c(=S)n1C)Cc1ccc(F)cc1. The topological polar surface area (TPSA) is 84.5 Å². The molecule has 0 aliphatic carbocycles. The lowest BCUT2D eigenvalue weighted by Gasteiger charge is -2.21. The number of hydrogen-bond acceptors (Lipinski definition) is 6. The summed E-state index contributed by atoms with van der Waals surface area (Å²) in [5.41, 5.74) is 7.88. The molecule has 0 unspecified atom stereocenters. The highest BCUT2D eigenvalue weighted by atomic mass is 32.1. The maximum Gasteiger partial charge on any atom is 0.182 e. The Morgan fingerprint density at radius 3 is 2.55 bits per heavy atom. The van der Waals surface area contributed by atoms with Crippen LogP contribution in [0.25, 0.3) is 0 Å². The number of aromatic nitrogens is 2. The number of nitriles is 1. The monoisotopic (exact) mass is 418 g/mol. The largest absolute Gasteiger partial charge is 0.384 e. The zero-order valence-corrected chi connectivity index (χ0v) is 17.9. The predicted octanol–water partition coefficient (Wildman–Crippen LogP) is 2.13. The molecule has 0 saturated carbocycles. The minimum atomic E-state index is -0.242. The van der Waals surface area contributed by atoms with Gasteiger partial charge in [-0.25, -0.2) is 4.39 Å². The van der Waals surface area contributed by atoms with Crippen LogP contribution in [0.1, 0.15) is 17.5 Å². The standard InChI is InChI=1S/C20H27FN6OS/c1-25-18(23)17(13-22)19(26(2)20(25)29)24-9-4-10-27(11-12-28-3)14-15-5-7-16(21)8-6-15/h5-8H,4,9-12,14,23H2,1-3H3. The number of benzene rings is 1. The van der Waals surface area contributed by atoms with E-state index < -0.39 is 0 Å². The second-order valence-corrected chi connectivity index (χ2v) is 7.09. The molecule has 1 aromatic heterocycles. The van der Waals surface area contributed by atoms with Gasteiger partial charge >= 0.3 is 0 Å². The van der Waals surface area contributed by atoms with Crippen molar-refractivity contribution in [1.29, 1.82) is 5.26 Å². The number of nitrogens with zero attached hydrogens (tertiary/aromatic N) is 5. The quantitative estimate of drug-likeness (QED) is 0.498. The van der Waals surface area contributed by atoms with Gasteiger partial charge in [0.2, 0.25) is 0 Å². The van der Waals surface area contributed by atoms with Crippen LogP contribution in [0.3, 0.4) is 0 Å². The van der Waals surface area contributed by atoms with E-state index >= 15 is 0 Å². The van der Waals surface area contributed by atoms with E-state index in [2.05, 4.69) is 16.0 Å². The van der Waals surface area contributed by atoms with Gasteiger partial charge in [0.1, 0.15) is 23.3 Å². The Morgan fingerprint density at radius 2 is 1.93 bits per heavy atom. The van der Waals surface area contributed by atoms with Crippen LogP contribution in [0.4, 0.5) is 10.2 Å². The summed E-state index contributed by atoms with van der Waals surface area (Å²) in [5.74, 6) is 0.0705. The second kappa shape index (κ2) is 10.9. The van der Waals surface area contributed by atoms with Gasteiger partial charge in [-0.1, -0.05) is 12.1 Å². The average Bonchev–Trinajstić information content (AvgIpc) is 2.72. The summed E-state index contributed by atoms with van der Waals surface area (Å²) in [6.07, 6.45) is 0.781. The van der Waals surface area contributed by atoms with Crippen LogP contribution in [0, 0.1) is 21.9 Å². The highest BCUT2D eigenvalue weighted by Gasteiger charge is 2.10. The van der Waals surface area contributed by atoms with Crippen molar-refractivity contribution in [3.63, 3.8) is 0 Å². The zero-order chi connectivity index (χ0) is 21.4. The molecule has 156 valence electrons. The van der Waals surface area contributed by atoms with Gasteiger partial charge in [0.05, 0.1) is 6.61 Å². The third-order valence-electron chi connectivity index (χ3n) is 4.67. The summed E-state index contributed by atoms with van der Waals surface area (Å²) in [5, 5.41) is 9.47. The molecule has 0 bridgehead atoms. The first-order valence-electron chi connectivity index (χ1n) is 9.30. The molecule has 0 amide bonds. The molecule has 1 aromatic carbocycles. The highest BCUT2D eigenvalue weighted by Crippen LogP contribution is 2.08. The lowest BCUT2D eigenvalue weighted by molar-refractivity contribution is 0.143. The van der Waals surface area contributed by atoms with Gasteiger partial charge in [-0.05, 0) is 36.3 Å². The van der Waals surface area contributed by atoms with E-state index in [0.717, 1.165) is 25.1 Å². The number of nitrogens with two attached hydrogens (primary N) is 1. The number of ether oxygens (including phenoxy) is 1. The van der Waals surface area contributed by atoms with E-state index in [1.54, 1.807) is 42.5 Å². The molecule has 0 aliphatic rings. The smallest absolute Gasteiger partial charge is 0.182 e. The van der Waals surface area contributed by atoms with Crippen LogP contribution >= 0.6 is 12.2 Å². The molecule has 0 radical (unpaired) electrons. The molecule has 2 aromatic rings. The Morgan fingerprint density at radius 1 is 1.24 bits per heavy atom. The number of nitrogen functional groups attached to an aromatic ring is 1. The van der Waals surface area contributed by atoms with E-state index in [0.29, 0.717) is 41.3 Å². The molecular formula is C20H27FN6OS. The van der Waals surface area contributed by atoms with E-state index in [9.17, 15) is 9.65 Å². The van der Waals surface area contributed by atoms with E-state index in [1.165, 1.54) is 12.1 Å². The number of hydrogen-bond donors (Lipinski definition) is 1. The molecule has 29 heavy (non-hydrogen) atoms. The number of rotatable bonds is 9. The van der Waals surface area contributed by atoms with E-state index in [-0.39, 0.29) is 5.82 Å². The van der Waals surface area contributed by atoms with Crippen molar-refractivity contribution >= 4 is 18.0 Å². The minimum Gasteiger partial charge on any atom is -0.384 e. The summed E-state index contributed by atoms with van der Waals surface area (Å²) in [6.45, 7) is 3.38. The molecule has 0 aliphatic heterocycles. The lowest BCUT2D eigenvalue weighted by atomic mass is 10.2. The van der Waals surface area contributed by atoms with Crippen molar-refractivity contribution in [3.05, 3.63) is 51.5 Å². The minimum absolute atomic E-state index is 0.242. The molecule has 0 spiro atoms. The van der Waals surface area contributed by atoms with Crippen molar-refractivity contribution in [1.82, 2.24) is 14.0 Å².